The second-order valence-corrected chi connectivity index (χ2v) is 6.30. The van der Waals surface area contributed by atoms with Crippen molar-refractivity contribution in [3.63, 3.8) is 0 Å². The SMILES string of the molecule is CC(C)(C)c1nnsc1C(=O)N1C[C@@H](O)[C@@H](O)C1. The largest absolute Gasteiger partial charge is 0.388 e. The highest BCUT2D eigenvalue weighted by atomic mass is 32.1. The first kappa shape index (κ1) is 13.4. The lowest BCUT2D eigenvalue weighted by atomic mass is 9.91. The number of aliphatic hydroxyl groups excluding tert-OH is 2. The molecule has 1 fully saturated rings. The Bertz CT molecular complexity index is 445. The van der Waals surface area contributed by atoms with Crippen LogP contribution < -0.4 is 0 Å². The van der Waals surface area contributed by atoms with Crippen LogP contribution in [-0.4, -0.2) is 55.9 Å². The summed E-state index contributed by atoms with van der Waals surface area (Å²) < 4.78 is 3.84. The number of β-amino-alcohol motifs (C(OH)–C–C–N with tert-alkyl or cyclic N) is 2. The summed E-state index contributed by atoms with van der Waals surface area (Å²) >= 11 is 1.06. The molecule has 1 aromatic rings. The molecule has 1 aliphatic heterocycles. The van der Waals surface area contributed by atoms with E-state index in [1.165, 1.54) is 4.90 Å². The van der Waals surface area contributed by atoms with E-state index in [2.05, 4.69) is 9.59 Å². The molecule has 6 nitrogen and oxygen atoms in total. The minimum atomic E-state index is -0.868. The summed E-state index contributed by atoms with van der Waals surface area (Å²) in [5.74, 6) is -0.217. The Morgan fingerprint density at radius 2 is 1.89 bits per heavy atom. The van der Waals surface area contributed by atoms with Gasteiger partial charge in [0.05, 0.1) is 17.9 Å². The molecule has 18 heavy (non-hydrogen) atoms. The second-order valence-electron chi connectivity index (χ2n) is 5.55. The van der Waals surface area contributed by atoms with Crippen molar-refractivity contribution in [3.05, 3.63) is 10.6 Å². The normalized spacial score (nSPS) is 24.6. The number of aliphatic hydroxyl groups is 2. The number of amides is 1. The summed E-state index contributed by atoms with van der Waals surface area (Å²) in [6.45, 7) is 6.21. The van der Waals surface area contributed by atoms with Gasteiger partial charge in [-0.2, -0.15) is 0 Å². The van der Waals surface area contributed by atoms with Crippen LogP contribution in [0.2, 0.25) is 0 Å². The van der Waals surface area contributed by atoms with Crippen molar-refractivity contribution in [2.45, 2.75) is 38.4 Å². The molecule has 1 amide bonds. The molecule has 0 radical (unpaired) electrons. The Hall–Kier alpha value is -1.05. The van der Waals surface area contributed by atoms with Crippen LogP contribution in [0.25, 0.3) is 0 Å². The third kappa shape index (κ3) is 2.38. The summed E-state index contributed by atoms with van der Waals surface area (Å²) in [6, 6.07) is 0. The number of nitrogens with zero attached hydrogens (tertiary/aromatic N) is 3. The lowest BCUT2D eigenvalue weighted by Gasteiger charge is -2.19. The molecule has 0 aromatic carbocycles. The van der Waals surface area contributed by atoms with Crippen LogP contribution in [0, 0.1) is 0 Å². The van der Waals surface area contributed by atoms with Crippen molar-refractivity contribution >= 4 is 17.4 Å². The lowest BCUT2D eigenvalue weighted by Crippen LogP contribution is -2.31. The number of likely N-dealkylation sites (tertiary alicyclic amines) is 1. The van der Waals surface area contributed by atoms with E-state index >= 15 is 0 Å². The summed E-state index contributed by atoms with van der Waals surface area (Å²) in [6.07, 6.45) is -1.74. The molecule has 0 unspecified atom stereocenters. The molecule has 2 rings (SSSR count). The van der Waals surface area contributed by atoms with Crippen molar-refractivity contribution < 1.29 is 15.0 Å². The van der Waals surface area contributed by atoms with Gasteiger partial charge in [-0.1, -0.05) is 25.3 Å². The van der Waals surface area contributed by atoms with Crippen LogP contribution in [0.1, 0.15) is 36.1 Å². The van der Waals surface area contributed by atoms with Gasteiger partial charge in [-0.3, -0.25) is 4.79 Å². The summed E-state index contributed by atoms with van der Waals surface area (Å²) in [5, 5.41) is 23.0. The highest BCUT2D eigenvalue weighted by molar-refractivity contribution is 7.08. The second kappa shape index (κ2) is 4.56. The molecule has 1 saturated heterocycles. The Kier molecular flexibility index (Phi) is 3.39. The Morgan fingerprint density at radius 1 is 1.33 bits per heavy atom. The third-order valence-electron chi connectivity index (χ3n) is 2.94. The number of hydrogen-bond donors (Lipinski definition) is 2. The van der Waals surface area contributed by atoms with Crippen molar-refractivity contribution in [2.24, 2.45) is 0 Å². The van der Waals surface area contributed by atoms with Crippen molar-refractivity contribution in [3.8, 4) is 0 Å². The fraction of sp³-hybridized carbons (Fsp3) is 0.727. The first-order chi connectivity index (χ1) is 8.30. The van der Waals surface area contributed by atoms with E-state index in [1.807, 2.05) is 20.8 Å². The molecule has 2 heterocycles. The molecule has 0 aliphatic carbocycles. The summed E-state index contributed by atoms with van der Waals surface area (Å²) in [4.78, 5) is 14.2. The topological polar surface area (TPSA) is 86.6 Å². The fourth-order valence-electron chi connectivity index (χ4n) is 1.90. The average molecular weight is 271 g/mol. The summed E-state index contributed by atoms with van der Waals surface area (Å²) in [5.41, 5.74) is 0.406. The van der Waals surface area contributed by atoms with Gasteiger partial charge in [0.1, 0.15) is 4.88 Å². The van der Waals surface area contributed by atoms with Crippen LogP contribution in [0.4, 0.5) is 0 Å². The molecule has 100 valence electrons. The van der Waals surface area contributed by atoms with Gasteiger partial charge in [0.15, 0.2) is 0 Å². The highest BCUT2D eigenvalue weighted by Crippen LogP contribution is 2.27. The van der Waals surface area contributed by atoms with Gasteiger partial charge in [0, 0.05) is 18.5 Å². The van der Waals surface area contributed by atoms with E-state index in [1.54, 1.807) is 0 Å². The molecule has 0 saturated carbocycles. The van der Waals surface area contributed by atoms with E-state index in [-0.39, 0.29) is 24.4 Å². The third-order valence-corrected chi connectivity index (χ3v) is 3.65. The Morgan fingerprint density at radius 3 is 2.39 bits per heavy atom. The van der Waals surface area contributed by atoms with Crippen LogP contribution >= 0.6 is 11.5 Å². The molecular weight excluding hydrogens is 254 g/mol. The molecular formula is C11H17N3O3S. The first-order valence-electron chi connectivity index (χ1n) is 5.79. The van der Waals surface area contributed by atoms with Crippen molar-refractivity contribution in [2.75, 3.05) is 13.1 Å². The predicted octanol–water partition coefficient (Wildman–Crippen LogP) is 0.0132. The maximum absolute atomic E-state index is 12.3. The molecule has 1 aromatic heterocycles. The van der Waals surface area contributed by atoms with Gasteiger partial charge in [-0.05, 0) is 11.5 Å². The highest BCUT2D eigenvalue weighted by Gasteiger charge is 2.36. The van der Waals surface area contributed by atoms with Crippen LogP contribution in [0.15, 0.2) is 0 Å². The maximum Gasteiger partial charge on any atom is 0.267 e. The number of aromatic nitrogens is 2. The quantitative estimate of drug-likeness (QED) is 0.751. The van der Waals surface area contributed by atoms with Crippen LogP contribution in [0.5, 0.6) is 0 Å². The summed E-state index contributed by atoms with van der Waals surface area (Å²) in [7, 11) is 0. The van der Waals surface area contributed by atoms with Crippen molar-refractivity contribution in [1.29, 1.82) is 0 Å². The zero-order valence-corrected chi connectivity index (χ0v) is 11.4. The fourth-order valence-corrected chi connectivity index (χ4v) is 2.75. The number of carbonyl (C=O) groups is 1. The Labute approximate surface area is 109 Å². The zero-order chi connectivity index (χ0) is 13.5. The van der Waals surface area contributed by atoms with E-state index in [4.69, 9.17) is 0 Å². The van der Waals surface area contributed by atoms with Crippen LogP contribution in [-0.2, 0) is 5.41 Å². The average Bonchev–Trinajstić information content (AvgIpc) is 2.84. The first-order valence-corrected chi connectivity index (χ1v) is 6.56. The molecule has 0 bridgehead atoms. The molecule has 2 N–H and O–H groups in total. The van der Waals surface area contributed by atoms with Gasteiger partial charge < -0.3 is 15.1 Å². The number of carbonyl (C=O) groups excluding carboxylic acids is 1. The minimum absolute atomic E-state index is 0.154. The smallest absolute Gasteiger partial charge is 0.267 e. The number of rotatable bonds is 1. The Balaban J connectivity index is 2.23. The molecule has 7 heteroatoms. The standard InChI is InChI=1S/C11H17N3O3S/c1-11(2,3)9-8(18-13-12-9)10(17)14-4-6(15)7(16)5-14/h6-7,15-16H,4-5H2,1-3H3/t6-,7+. The van der Waals surface area contributed by atoms with E-state index < -0.39 is 12.2 Å². The van der Waals surface area contributed by atoms with Crippen LogP contribution in [0.3, 0.4) is 0 Å². The zero-order valence-electron chi connectivity index (χ0n) is 10.6. The van der Waals surface area contributed by atoms with Gasteiger partial charge in [-0.25, -0.2) is 0 Å². The van der Waals surface area contributed by atoms with E-state index in [9.17, 15) is 15.0 Å². The van der Waals surface area contributed by atoms with E-state index in [0.717, 1.165) is 11.5 Å². The van der Waals surface area contributed by atoms with Gasteiger partial charge in [0.25, 0.3) is 5.91 Å². The molecule has 1 aliphatic rings. The van der Waals surface area contributed by atoms with Gasteiger partial charge >= 0.3 is 0 Å². The molecule has 2 atom stereocenters. The maximum atomic E-state index is 12.3. The monoisotopic (exact) mass is 271 g/mol. The minimum Gasteiger partial charge on any atom is -0.388 e. The van der Waals surface area contributed by atoms with Gasteiger partial charge in [-0.15, -0.1) is 5.10 Å². The molecule has 0 spiro atoms. The predicted molar refractivity (Wildman–Crippen MR) is 66.5 cm³/mol. The van der Waals surface area contributed by atoms with Crippen molar-refractivity contribution in [1.82, 2.24) is 14.5 Å². The number of hydrogen-bond acceptors (Lipinski definition) is 6. The van der Waals surface area contributed by atoms with Gasteiger partial charge in [0.2, 0.25) is 0 Å². The van der Waals surface area contributed by atoms with E-state index in [0.29, 0.717) is 10.6 Å². The lowest BCUT2D eigenvalue weighted by molar-refractivity contribution is 0.0572.